The lowest BCUT2D eigenvalue weighted by Crippen LogP contribution is -2.30. The smallest absolute Gasteiger partial charge is 0.243 e. The number of rotatable bonds is 4. The van der Waals surface area contributed by atoms with Gasteiger partial charge < -0.3 is 0 Å². The number of aromatic nitrogens is 1. The molecule has 1 aliphatic rings. The molecule has 1 N–H and O–H groups in total. The van der Waals surface area contributed by atoms with Crippen LogP contribution in [0.4, 0.5) is 0 Å². The summed E-state index contributed by atoms with van der Waals surface area (Å²) in [6.45, 7) is 0.677. The fourth-order valence-corrected chi connectivity index (χ4v) is 2.97. The number of pyridine rings is 1. The van der Waals surface area contributed by atoms with Crippen LogP contribution in [0.1, 0.15) is 11.6 Å². The maximum absolute atomic E-state index is 12.0. The van der Waals surface area contributed by atoms with Crippen LogP contribution in [0.2, 0.25) is 0 Å². The SMILES string of the molecule is O=S(=O)(NN1CC1c1ccccc1)c1ccccn1. The first-order valence-corrected chi connectivity index (χ1v) is 7.40. The van der Waals surface area contributed by atoms with Crippen molar-refractivity contribution < 1.29 is 8.42 Å². The molecule has 0 aliphatic carbocycles. The first kappa shape index (κ1) is 12.3. The van der Waals surface area contributed by atoms with Crippen molar-refractivity contribution in [2.24, 2.45) is 0 Å². The Kier molecular flexibility index (Phi) is 3.06. The fraction of sp³-hybridized carbons (Fsp3) is 0.154. The Morgan fingerprint density at radius 1 is 1.11 bits per heavy atom. The average molecular weight is 275 g/mol. The van der Waals surface area contributed by atoms with Gasteiger partial charge in [-0.05, 0) is 17.7 Å². The molecule has 0 radical (unpaired) electrons. The third-order valence-corrected chi connectivity index (χ3v) is 4.21. The zero-order valence-electron chi connectivity index (χ0n) is 10.1. The summed E-state index contributed by atoms with van der Waals surface area (Å²) in [6, 6.07) is 14.7. The Hall–Kier alpha value is -1.76. The van der Waals surface area contributed by atoms with Gasteiger partial charge in [-0.15, -0.1) is 4.83 Å². The zero-order valence-corrected chi connectivity index (χ0v) is 10.9. The van der Waals surface area contributed by atoms with E-state index in [2.05, 4.69) is 9.82 Å². The summed E-state index contributed by atoms with van der Waals surface area (Å²) >= 11 is 0. The van der Waals surface area contributed by atoms with Crippen molar-refractivity contribution >= 4 is 10.0 Å². The Morgan fingerprint density at radius 2 is 1.84 bits per heavy atom. The molecule has 2 aromatic rings. The maximum Gasteiger partial charge on any atom is 0.270 e. The van der Waals surface area contributed by atoms with Crippen LogP contribution in [0.25, 0.3) is 0 Å². The highest BCUT2D eigenvalue weighted by atomic mass is 32.2. The minimum atomic E-state index is -3.57. The number of hydrogen-bond acceptors (Lipinski definition) is 4. The summed E-state index contributed by atoms with van der Waals surface area (Å²) in [5, 5.41) is 1.72. The number of hydrazine groups is 1. The van der Waals surface area contributed by atoms with Crippen LogP contribution in [0.5, 0.6) is 0 Å². The van der Waals surface area contributed by atoms with Crippen LogP contribution in [0.15, 0.2) is 59.8 Å². The van der Waals surface area contributed by atoms with E-state index < -0.39 is 10.0 Å². The highest BCUT2D eigenvalue weighted by molar-refractivity contribution is 7.89. The molecule has 19 heavy (non-hydrogen) atoms. The molecular weight excluding hydrogens is 262 g/mol. The van der Waals surface area contributed by atoms with E-state index in [4.69, 9.17) is 0 Å². The third-order valence-electron chi connectivity index (χ3n) is 2.95. The molecule has 0 spiro atoms. The molecule has 1 aliphatic heterocycles. The van der Waals surface area contributed by atoms with Crippen molar-refractivity contribution in [2.45, 2.75) is 11.1 Å². The van der Waals surface area contributed by atoms with Crippen molar-refractivity contribution in [3.05, 3.63) is 60.3 Å². The molecule has 2 heterocycles. The highest BCUT2D eigenvalue weighted by Gasteiger charge is 2.38. The minimum absolute atomic E-state index is 0.0358. The van der Waals surface area contributed by atoms with E-state index in [1.54, 1.807) is 17.1 Å². The van der Waals surface area contributed by atoms with E-state index >= 15 is 0 Å². The molecule has 1 fully saturated rings. The normalized spacial score (nSPS) is 22.1. The van der Waals surface area contributed by atoms with Gasteiger partial charge in [0.05, 0.1) is 6.04 Å². The quantitative estimate of drug-likeness (QED) is 0.855. The maximum atomic E-state index is 12.0. The van der Waals surface area contributed by atoms with Crippen molar-refractivity contribution in [2.75, 3.05) is 6.54 Å². The average Bonchev–Trinajstić information content (AvgIpc) is 3.19. The van der Waals surface area contributed by atoms with Crippen LogP contribution in [0.3, 0.4) is 0 Å². The summed E-state index contributed by atoms with van der Waals surface area (Å²) in [6.07, 6.45) is 1.46. The van der Waals surface area contributed by atoms with Crippen molar-refractivity contribution in [3.63, 3.8) is 0 Å². The summed E-state index contributed by atoms with van der Waals surface area (Å²) in [5.41, 5.74) is 1.10. The second-order valence-corrected chi connectivity index (χ2v) is 5.95. The Balaban J connectivity index is 1.71. The van der Waals surface area contributed by atoms with Gasteiger partial charge in [0.15, 0.2) is 5.03 Å². The van der Waals surface area contributed by atoms with Crippen LogP contribution in [-0.4, -0.2) is 25.0 Å². The van der Waals surface area contributed by atoms with Gasteiger partial charge in [0.2, 0.25) is 0 Å². The number of nitrogens with zero attached hydrogens (tertiary/aromatic N) is 2. The second-order valence-electron chi connectivity index (χ2n) is 4.34. The van der Waals surface area contributed by atoms with Gasteiger partial charge in [-0.2, -0.15) is 0 Å². The molecule has 0 saturated carbocycles. The predicted molar refractivity (Wildman–Crippen MR) is 70.4 cm³/mol. The standard InChI is InChI=1S/C13H13N3O2S/c17-19(18,13-8-4-5-9-14-13)15-16-10-12(16)11-6-2-1-3-7-11/h1-9,12,15H,10H2. The molecule has 2 atom stereocenters. The number of sulfonamides is 1. The number of nitrogens with one attached hydrogen (secondary N) is 1. The fourth-order valence-electron chi connectivity index (χ4n) is 1.91. The Labute approximate surface area is 111 Å². The van der Waals surface area contributed by atoms with Crippen LogP contribution < -0.4 is 4.83 Å². The topological polar surface area (TPSA) is 62.1 Å². The molecule has 0 bridgehead atoms. The molecule has 1 aromatic carbocycles. The van der Waals surface area contributed by atoms with E-state index in [1.165, 1.54) is 12.3 Å². The number of hydrogen-bond donors (Lipinski definition) is 1. The monoisotopic (exact) mass is 275 g/mol. The Morgan fingerprint density at radius 3 is 2.53 bits per heavy atom. The minimum Gasteiger partial charge on any atom is -0.243 e. The molecule has 5 nitrogen and oxygen atoms in total. The largest absolute Gasteiger partial charge is 0.270 e. The van der Waals surface area contributed by atoms with E-state index in [-0.39, 0.29) is 11.1 Å². The van der Waals surface area contributed by atoms with Gasteiger partial charge in [-0.25, -0.2) is 18.4 Å². The molecule has 3 rings (SSSR count). The molecule has 98 valence electrons. The third kappa shape index (κ3) is 2.65. The highest BCUT2D eigenvalue weighted by Crippen LogP contribution is 2.32. The van der Waals surface area contributed by atoms with Gasteiger partial charge in [0, 0.05) is 12.7 Å². The molecule has 0 amide bonds. The second kappa shape index (κ2) is 4.73. The number of benzene rings is 1. The summed E-state index contributed by atoms with van der Waals surface area (Å²) in [5.74, 6) is 0. The lowest BCUT2D eigenvalue weighted by molar-refractivity contribution is 0.451. The van der Waals surface area contributed by atoms with E-state index in [0.29, 0.717) is 6.54 Å². The van der Waals surface area contributed by atoms with Crippen LogP contribution in [0, 0.1) is 0 Å². The van der Waals surface area contributed by atoms with Crippen molar-refractivity contribution in [1.82, 2.24) is 14.8 Å². The van der Waals surface area contributed by atoms with Gasteiger partial charge in [-0.3, -0.25) is 0 Å². The lowest BCUT2D eigenvalue weighted by atomic mass is 10.2. The first-order chi connectivity index (χ1) is 9.17. The Bertz CT molecular complexity index is 659. The molecule has 2 unspecified atom stereocenters. The van der Waals surface area contributed by atoms with Gasteiger partial charge in [0.25, 0.3) is 10.0 Å². The van der Waals surface area contributed by atoms with E-state index in [9.17, 15) is 8.42 Å². The van der Waals surface area contributed by atoms with Crippen LogP contribution in [-0.2, 0) is 10.0 Å². The molecule has 1 saturated heterocycles. The summed E-state index contributed by atoms with van der Waals surface area (Å²) in [4.78, 5) is 6.39. The lowest BCUT2D eigenvalue weighted by Gasteiger charge is -2.07. The van der Waals surface area contributed by atoms with E-state index in [1.807, 2.05) is 30.3 Å². The zero-order chi connectivity index (χ0) is 13.3. The first-order valence-electron chi connectivity index (χ1n) is 5.92. The molecule has 6 heteroatoms. The van der Waals surface area contributed by atoms with Crippen molar-refractivity contribution in [1.29, 1.82) is 0 Å². The van der Waals surface area contributed by atoms with E-state index in [0.717, 1.165) is 5.56 Å². The molecular formula is C13H13N3O2S. The van der Waals surface area contributed by atoms with Gasteiger partial charge in [0.1, 0.15) is 0 Å². The summed E-state index contributed by atoms with van der Waals surface area (Å²) in [7, 11) is -3.57. The van der Waals surface area contributed by atoms with Gasteiger partial charge >= 0.3 is 0 Å². The van der Waals surface area contributed by atoms with Crippen LogP contribution >= 0.6 is 0 Å². The molecule has 1 aromatic heterocycles. The summed E-state index contributed by atoms with van der Waals surface area (Å²) < 4.78 is 24.1. The predicted octanol–water partition coefficient (Wildman–Crippen LogP) is 1.33. The van der Waals surface area contributed by atoms with Gasteiger partial charge in [-0.1, -0.05) is 36.4 Å². The van der Waals surface area contributed by atoms with Crippen molar-refractivity contribution in [3.8, 4) is 0 Å².